The number of anilines is 2. The summed E-state index contributed by atoms with van der Waals surface area (Å²) in [5.74, 6) is -0.558. The van der Waals surface area contributed by atoms with E-state index in [0.29, 0.717) is 16.9 Å². The van der Waals surface area contributed by atoms with Crippen molar-refractivity contribution < 1.29 is 9.18 Å². The Labute approximate surface area is 117 Å². The second-order valence-corrected chi connectivity index (χ2v) is 4.83. The van der Waals surface area contributed by atoms with E-state index < -0.39 is 0 Å². The van der Waals surface area contributed by atoms with Gasteiger partial charge in [0.25, 0.3) is 0 Å². The fraction of sp³-hybridized carbons (Fsp3) is 0.188. The van der Waals surface area contributed by atoms with Crippen LogP contribution in [0.15, 0.2) is 36.4 Å². The van der Waals surface area contributed by atoms with Crippen molar-refractivity contribution in [3.63, 3.8) is 0 Å². The number of hydrogen-bond acceptors (Lipinski definition) is 2. The minimum atomic E-state index is -0.346. The molecule has 0 saturated heterocycles. The van der Waals surface area contributed by atoms with Gasteiger partial charge in [-0.15, -0.1) is 0 Å². The Kier molecular flexibility index (Phi) is 4.03. The summed E-state index contributed by atoms with van der Waals surface area (Å²) in [6.07, 6.45) is 0.116. The van der Waals surface area contributed by atoms with Crippen LogP contribution in [0.3, 0.4) is 0 Å². The first-order valence-corrected chi connectivity index (χ1v) is 6.37. The first kappa shape index (κ1) is 14.1. The lowest BCUT2D eigenvalue weighted by Gasteiger charge is -2.13. The van der Waals surface area contributed by atoms with Crippen molar-refractivity contribution in [3.05, 3.63) is 58.9 Å². The SMILES string of the molecule is Cc1ccc(N)c(NC(=O)Cc2cccc(F)c2)c1C. The Morgan fingerprint density at radius 1 is 1.25 bits per heavy atom. The molecule has 0 heterocycles. The van der Waals surface area contributed by atoms with Gasteiger partial charge in [0.1, 0.15) is 5.82 Å². The van der Waals surface area contributed by atoms with Crippen LogP contribution in [0.5, 0.6) is 0 Å². The number of nitrogens with two attached hydrogens (primary N) is 1. The minimum Gasteiger partial charge on any atom is -0.397 e. The maximum absolute atomic E-state index is 13.1. The number of nitrogen functional groups attached to an aromatic ring is 1. The minimum absolute atomic E-state index is 0.116. The summed E-state index contributed by atoms with van der Waals surface area (Å²) in [6.45, 7) is 3.86. The van der Waals surface area contributed by atoms with Crippen molar-refractivity contribution in [2.45, 2.75) is 20.3 Å². The third-order valence-electron chi connectivity index (χ3n) is 3.29. The molecule has 0 radical (unpaired) electrons. The van der Waals surface area contributed by atoms with E-state index in [1.807, 2.05) is 19.9 Å². The van der Waals surface area contributed by atoms with Gasteiger partial charge in [0.15, 0.2) is 0 Å². The molecular formula is C16H17FN2O. The number of carbonyl (C=O) groups excluding carboxylic acids is 1. The molecule has 2 aromatic carbocycles. The van der Waals surface area contributed by atoms with Crippen molar-refractivity contribution in [2.24, 2.45) is 0 Å². The molecule has 0 bridgehead atoms. The van der Waals surface area contributed by atoms with Gasteiger partial charge >= 0.3 is 0 Å². The van der Waals surface area contributed by atoms with Gasteiger partial charge in [0, 0.05) is 0 Å². The first-order valence-electron chi connectivity index (χ1n) is 6.37. The van der Waals surface area contributed by atoms with Crippen molar-refractivity contribution >= 4 is 17.3 Å². The molecule has 0 saturated carbocycles. The number of benzene rings is 2. The quantitative estimate of drug-likeness (QED) is 0.843. The van der Waals surface area contributed by atoms with E-state index in [0.717, 1.165) is 11.1 Å². The van der Waals surface area contributed by atoms with Crippen LogP contribution in [0.2, 0.25) is 0 Å². The topological polar surface area (TPSA) is 55.1 Å². The maximum atomic E-state index is 13.1. The monoisotopic (exact) mass is 272 g/mol. The molecule has 0 aliphatic carbocycles. The number of amides is 1. The highest BCUT2D eigenvalue weighted by molar-refractivity contribution is 5.96. The van der Waals surface area contributed by atoms with Crippen molar-refractivity contribution in [1.29, 1.82) is 0 Å². The summed E-state index contributed by atoms with van der Waals surface area (Å²) in [5, 5.41) is 2.80. The molecule has 2 aromatic rings. The largest absolute Gasteiger partial charge is 0.397 e. The zero-order valence-corrected chi connectivity index (χ0v) is 11.5. The van der Waals surface area contributed by atoms with Gasteiger partial charge in [-0.1, -0.05) is 18.2 Å². The number of rotatable bonds is 3. The molecule has 1 amide bonds. The van der Waals surface area contributed by atoms with E-state index in [1.54, 1.807) is 18.2 Å². The highest BCUT2D eigenvalue weighted by atomic mass is 19.1. The fourth-order valence-corrected chi connectivity index (χ4v) is 2.02. The molecule has 20 heavy (non-hydrogen) atoms. The Morgan fingerprint density at radius 2 is 2.00 bits per heavy atom. The van der Waals surface area contributed by atoms with Crippen LogP contribution in [0.1, 0.15) is 16.7 Å². The van der Waals surface area contributed by atoms with Crippen LogP contribution in [0, 0.1) is 19.7 Å². The number of hydrogen-bond donors (Lipinski definition) is 2. The molecule has 0 atom stereocenters. The van der Waals surface area contributed by atoms with Gasteiger partial charge in [0.05, 0.1) is 17.8 Å². The van der Waals surface area contributed by atoms with Crippen molar-refractivity contribution in [3.8, 4) is 0 Å². The lowest BCUT2D eigenvalue weighted by atomic mass is 10.1. The number of halogens is 1. The van der Waals surface area contributed by atoms with Crippen LogP contribution < -0.4 is 11.1 Å². The van der Waals surface area contributed by atoms with E-state index in [-0.39, 0.29) is 18.1 Å². The first-order chi connectivity index (χ1) is 9.47. The Balaban J connectivity index is 2.15. The molecule has 4 heteroatoms. The Morgan fingerprint density at radius 3 is 2.70 bits per heavy atom. The van der Waals surface area contributed by atoms with Gasteiger partial charge in [-0.05, 0) is 48.7 Å². The summed E-state index contributed by atoms with van der Waals surface area (Å²) in [4.78, 5) is 12.0. The summed E-state index contributed by atoms with van der Waals surface area (Å²) < 4.78 is 13.1. The van der Waals surface area contributed by atoms with Crippen molar-refractivity contribution in [2.75, 3.05) is 11.1 Å². The molecule has 0 spiro atoms. The van der Waals surface area contributed by atoms with E-state index in [4.69, 9.17) is 5.73 Å². The second kappa shape index (κ2) is 5.74. The van der Waals surface area contributed by atoms with Crippen LogP contribution in [0.25, 0.3) is 0 Å². The zero-order chi connectivity index (χ0) is 14.7. The molecule has 0 unspecified atom stereocenters. The Hall–Kier alpha value is -2.36. The molecule has 0 aliphatic heterocycles. The summed E-state index contributed by atoms with van der Waals surface area (Å²) in [7, 11) is 0. The van der Waals surface area contributed by atoms with Gasteiger partial charge in [0.2, 0.25) is 5.91 Å². The van der Waals surface area contributed by atoms with Crippen molar-refractivity contribution in [1.82, 2.24) is 0 Å². The molecule has 2 rings (SSSR count). The van der Waals surface area contributed by atoms with E-state index >= 15 is 0 Å². The molecule has 0 fully saturated rings. The predicted octanol–water partition coefficient (Wildman–Crippen LogP) is 3.21. The van der Waals surface area contributed by atoms with Crippen LogP contribution >= 0.6 is 0 Å². The van der Waals surface area contributed by atoms with Crippen LogP contribution in [-0.4, -0.2) is 5.91 Å². The van der Waals surface area contributed by atoms with Crippen LogP contribution in [0.4, 0.5) is 15.8 Å². The lowest BCUT2D eigenvalue weighted by Crippen LogP contribution is -2.16. The van der Waals surface area contributed by atoms with Gasteiger partial charge in [-0.3, -0.25) is 4.79 Å². The molecule has 0 aliphatic rings. The smallest absolute Gasteiger partial charge is 0.228 e. The molecule has 3 N–H and O–H groups in total. The normalized spacial score (nSPS) is 10.3. The average molecular weight is 272 g/mol. The lowest BCUT2D eigenvalue weighted by molar-refractivity contribution is -0.115. The maximum Gasteiger partial charge on any atom is 0.228 e. The highest BCUT2D eigenvalue weighted by Gasteiger charge is 2.10. The van der Waals surface area contributed by atoms with Gasteiger partial charge in [-0.25, -0.2) is 4.39 Å². The Bertz CT molecular complexity index is 653. The number of aryl methyl sites for hydroxylation is 1. The molecular weight excluding hydrogens is 255 g/mol. The zero-order valence-electron chi connectivity index (χ0n) is 11.5. The fourth-order valence-electron chi connectivity index (χ4n) is 2.02. The summed E-state index contributed by atoms with van der Waals surface area (Å²) in [6, 6.07) is 9.68. The third-order valence-corrected chi connectivity index (χ3v) is 3.29. The molecule has 3 nitrogen and oxygen atoms in total. The summed E-state index contributed by atoms with van der Waals surface area (Å²) >= 11 is 0. The number of nitrogens with one attached hydrogen (secondary N) is 1. The third kappa shape index (κ3) is 3.15. The molecule has 0 aromatic heterocycles. The second-order valence-electron chi connectivity index (χ2n) is 4.83. The molecule has 104 valence electrons. The van der Waals surface area contributed by atoms with Gasteiger partial charge in [-0.2, -0.15) is 0 Å². The standard InChI is InChI=1S/C16H17FN2O/c1-10-6-7-14(18)16(11(10)2)19-15(20)9-12-4-3-5-13(17)8-12/h3-8H,9,18H2,1-2H3,(H,19,20). The number of carbonyl (C=O) groups is 1. The van der Waals surface area contributed by atoms with E-state index in [1.165, 1.54) is 12.1 Å². The van der Waals surface area contributed by atoms with E-state index in [9.17, 15) is 9.18 Å². The average Bonchev–Trinajstić information content (AvgIpc) is 2.39. The summed E-state index contributed by atoms with van der Waals surface area (Å²) in [5.41, 5.74) is 9.67. The predicted molar refractivity (Wildman–Crippen MR) is 79.1 cm³/mol. The highest BCUT2D eigenvalue weighted by Crippen LogP contribution is 2.25. The van der Waals surface area contributed by atoms with E-state index in [2.05, 4.69) is 5.32 Å². The van der Waals surface area contributed by atoms with Crippen LogP contribution in [-0.2, 0) is 11.2 Å². The van der Waals surface area contributed by atoms with Gasteiger partial charge < -0.3 is 11.1 Å².